The van der Waals surface area contributed by atoms with Gasteiger partial charge < -0.3 is 15.2 Å². The zero-order chi connectivity index (χ0) is 15.5. The van der Waals surface area contributed by atoms with Crippen LogP contribution >= 0.6 is 24.0 Å². The second-order valence-electron chi connectivity index (χ2n) is 6.54. The smallest absolute Gasteiger partial charge is 0.191 e. The molecule has 0 radical (unpaired) electrons. The van der Waals surface area contributed by atoms with Gasteiger partial charge in [-0.1, -0.05) is 12.1 Å². The molecule has 2 heterocycles. The number of rotatable bonds is 5. The lowest BCUT2D eigenvalue weighted by Crippen LogP contribution is -2.46. The van der Waals surface area contributed by atoms with E-state index in [2.05, 4.69) is 39.5 Å². The number of aryl methyl sites for hydroxylation is 1. The molecule has 23 heavy (non-hydrogen) atoms. The van der Waals surface area contributed by atoms with Crippen molar-refractivity contribution in [3.63, 3.8) is 0 Å². The van der Waals surface area contributed by atoms with Crippen molar-refractivity contribution in [3.8, 4) is 0 Å². The molecule has 0 aromatic carbocycles. The predicted molar refractivity (Wildman–Crippen MR) is 102 cm³/mol. The van der Waals surface area contributed by atoms with Gasteiger partial charge in [-0.25, -0.2) is 4.99 Å². The zero-order valence-corrected chi connectivity index (χ0v) is 16.5. The molecule has 0 amide bonds. The summed E-state index contributed by atoms with van der Waals surface area (Å²) in [6, 6.07) is 3.24. The van der Waals surface area contributed by atoms with E-state index >= 15 is 0 Å². The van der Waals surface area contributed by atoms with Gasteiger partial charge >= 0.3 is 0 Å². The van der Waals surface area contributed by atoms with E-state index in [4.69, 9.17) is 4.52 Å². The highest BCUT2D eigenvalue weighted by molar-refractivity contribution is 14.0. The molecule has 130 valence electrons. The first-order valence-corrected chi connectivity index (χ1v) is 8.36. The molecule has 1 aromatic rings. The molecular weight excluding hydrogens is 405 g/mol. The van der Waals surface area contributed by atoms with Crippen LogP contribution in [-0.4, -0.2) is 47.7 Å². The highest BCUT2D eigenvalue weighted by atomic mass is 127. The monoisotopic (exact) mass is 433 g/mol. The molecule has 1 aromatic heterocycles. The van der Waals surface area contributed by atoms with E-state index in [9.17, 15) is 0 Å². The van der Waals surface area contributed by atoms with E-state index in [-0.39, 0.29) is 24.0 Å². The molecule has 1 saturated heterocycles. The number of aromatic nitrogens is 1. The van der Waals surface area contributed by atoms with Gasteiger partial charge in [-0.2, -0.15) is 0 Å². The molecule has 1 aliphatic heterocycles. The summed E-state index contributed by atoms with van der Waals surface area (Å²) in [5.41, 5.74) is 0.896. The molecule has 2 aliphatic rings. The van der Waals surface area contributed by atoms with Gasteiger partial charge in [0.25, 0.3) is 0 Å². The Morgan fingerprint density at radius 2 is 2.22 bits per heavy atom. The lowest BCUT2D eigenvalue weighted by Gasteiger charge is -2.20. The van der Waals surface area contributed by atoms with Crippen LogP contribution in [0.3, 0.4) is 0 Å². The molecule has 1 saturated carbocycles. The van der Waals surface area contributed by atoms with Gasteiger partial charge in [-0.15, -0.1) is 24.0 Å². The number of nitrogens with zero attached hydrogens (tertiary/aromatic N) is 3. The Morgan fingerprint density at radius 1 is 1.43 bits per heavy atom. The topological polar surface area (TPSA) is 65.7 Å². The summed E-state index contributed by atoms with van der Waals surface area (Å²) in [5, 5.41) is 10.8. The largest absolute Gasteiger partial charge is 0.359 e. The number of aliphatic imine (C=N–C) groups is 1. The third kappa shape index (κ3) is 5.07. The normalized spacial score (nSPS) is 25.3. The van der Waals surface area contributed by atoms with Crippen molar-refractivity contribution in [1.82, 2.24) is 20.7 Å². The first-order chi connectivity index (χ1) is 10.7. The summed E-state index contributed by atoms with van der Waals surface area (Å²) in [5.74, 6) is 2.32. The number of halogens is 1. The van der Waals surface area contributed by atoms with Crippen LogP contribution in [0.25, 0.3) is 0 Å². The maximum Gasteiger partial charge on any atom is 0.191 e. The molecule has 0 spiro atoms. The average Bonchev–Trinajstić information content (AvgIpc) is 3.16. The second kappa shape index (κ2) is 8.32. The number of hydrogen-bond donors (Lipinski definition) is 2. The van der Waals surface area contributed by atoms with E-state index in [1.165, 1.54) is 19.4 Å². The molecule has 6 nitrogen and oxygen atoms in total. The SMILES string of the molecule is CCNC(=NCc1cc(C)no1)NC1CN(C2CC2)CC1C.I. The lowest BCUT2D eigenvalue weighted by atomic mass is 10.1. The predicted octanol–water partition coefficient (Wildman–Crippen LogP) is 2.14. The third-order valence-electron chi connectivity index (χ3n) is 4.44. The molecule has 1 aliphatic carbocycles. The molecular formula is C16H28IN5O. The van der Waals surface area contributed by atoms with Crippen molar-refractivity contribution in [3.05, 3.63) is 17.5 Å². The zero-order valence-electron chi connectivity index (χ0n) is 14.2. The maximum absolute atomic E-state index is 5.22. The van der Waals surface area contributed by atoms with Crippen LogP contribution in [-0.2, 0) is 6.54 Å². The summed E-state index contributed by atoms with van der Waals surface area (Å²) >= 11 is 0. The van der Waals surface area contributed by atoms with E-state index < -0.39 is 0 Å². The Morgan fingerprint density at radius 3 is 2.83 bits per heavy atom. The first kappa shape index (κ1) is 18.5. The molecule has 2 fully saturated rings. The van der Waals surface area contributed by atoms with Crippen LogP contribution < -0.4 is 10.6 Å². The fraction of sp³-hybridized carbons (Fsp3) is 0.750. The van der Waals surface area contributed by atoms with E-state index in [1.54, 1.807) is 0 Å². The second-order valence-corrected chi connectivity index (χ2v) is 6.54. The lowest BCUT2D eigenvalue weighted by molar-refractivity contribution is 0.315. The summed E-state index contributed by atoms with van der Waals surface area (Å²) in [7, 11) is 0. The summed E-state index contributed by atoms with van der Waals surface area (Å²) in [6.45, 7) is 10.0. The van der Waals surface area contributed by atoms with Gasteiger partial charge in [-0.3, -0.25) is 4.90 Å². The van der Waals surface area contributed by atoms with Crippen molar-refractivity contribution in [2.24, 2.45) is 10.9 Å². The highest BCUT2D eigenvalue weighted by Gasteiger charge is 2.38. The quantitative estimate of drug-likeness (QED) is 0.423. The Balaban J connectivity index is 0.00000192. The van der Waals surface area contributed by atoms with Crippen molar-refractivity contribution >= 4 is 29.9 Å². The van der Waals surface area contributed by atoms with Gasteiger partial charge in [0.05, 0.1) is 5.69 Å². The summed E-state index contributed by atoms with van der Waals surface area (Å²) in [4.78, 5) is 7.24. The van der Waals surface area contributed by atoms with Crippen LogP contribution in [0.5, 0.6) is 0 Å². The minimum atomic E-state index is 0. The van der Waals surface area contributed by atoms with Crippen molar-refractivity contribution in [1.29, 1.82) is 0 Å². The molecule has 2 unspecified atom stereocenters. The Bertz CT molecular complexity index is 528. The summed E-state index contributed by atoms with van der Waals surface area (Å²) < 4.78 is 5.22. The minimum Gasteiger partial charge on any atom is -0.359 e. The van der Waals surface area contributed by atoms with Crippen molar-refractivity contribution < 1.29 is 4.52 Å². The molecule has 2 N–H and O–H groups in total. The van der Waals surface area contributed by atoms with Gasteiger partial charge in [0, 0.05) is 37.8 Å². The van der Waals surface area contributed by atoms with Gasteiger partial charge in [0.15, 0.2) is 11.7 Å². The van der Waals surface area contributed by atoms with Crippen molar-refractivity contribution in [2.45, 2.75) is 52.2 Å². The number of guanidine groups is 1. The molecule has 0 bridgehead atoms. The highest BCUT2D eigenvalue weighted by Crippen LogP contribution is 2.31. The van der Waals surface area contributed by atoms with Crippen LogP contribution in [0, 0.1) is 12.8 Å². The van der Waals surface area contributed by atoms with Gasteiger partial charge in [0.1, 0.15) is 6.54 Å². The average molecular weight is 433 g/mol. The Kier molecular flexibility index (Phi) is 6.70. The number of likely N-dealkylation sites (tertiary alicyclic amines) is 1. The van der Waals surface area contributed by atoms with E-state index in [0.29, 0.717) is 18.5 Å². The first-order valence-electron chi connectivity index (χ1n) is 8.36. The summed E-state index contributed by atoms with van der Waals surface area (Å²) in [6.07, 6.45) is 2.75. The Hall–Kier alpha value is -0.830. The third-order valence-corrected chi connectivity index (χ3v) is 4.44. The molecule has 7 heteroatoms. The minimum absolute atomic E-state index is 0. The maximum atomic E-state index is 5.22. The number of nitrogens with one attached hydrogen (secondary N) is 2. The molecule has 2 atom stereocenters. The van der Waals surface area contributed by atoms with Crippen LogP contribution in [0.1, 0.15) is 38.1 Å². The fourth-order valence-electron chi connectivity index (χ4n) is 3.07. The molecule has 3 rings (SSSR count). The van der Waals surface area contributed by atoms with Crippen LogP contribution in [0.4, 0.5) is 0 Å². The van der Waals surface area contributed by atoms with Crippen LogP contribution in [0.15, 0.2) is 15.6 Å². The van der Waals surface area contributed by atoms with Crippen molar-refractivity contribution in [2.75, 3.05) is 19.6 Å². The standard InChI is InChI=1S/C16H27N5O.HI/c1-4-17-16(18-8-14-7-12(3)20-22-14)19-15-10-21(9-11(15)2)13-5-6-13;/h7,11,13,15H,4-6,8-10H2,1-3H3,(H2,17,18,19);1H. The van der Waals surface area contributed by atoms with Gasteiger partial charge in [-0.05, 0) is 32.6 Å². The van der Waals surface area contributed by atoms with Gasteiger partial charge in [0.2, 0.25) is 0 Å². The number of hydrogen-bond acceptors (Lipinski definition) is 4. The van der Waals surface area contributed by atoms with E-state index in [1.807, 2.05) is 13.0 Å². The fourth-order valence-corrected chi connectivity index (χ4v) is 3.07. The van der Waals surface area contributed by atoms with Crippen LogP contribution in [0.2, 0.25) is 0 Å². The van der Waals surface area contributed by atoms with E-state index in [0.717, 1.165) is 36.5 Å². The Labute approximate surface area is 155 Å².